The number of hydrogen-bond donors (Lipinski definition) is 3. The van der Waals surface area contributed by atoms with E-state index < -0.39 is 0 Å². The smallest absolute Gasteiger partial charge is 0.137 e. The zero-order chi connectivity index (χ0) is 16.2. The zero-order valence-corrected chi connectivity index (χ0v) is 13.1. The molecule has 4 N–H and O–H groups in total. The first-order chi connectivity index (χ1) is 11.2. The van der Waals surface area contributed by atoms with E-state index in [1.165, 1.54) is 0 Å². The zero-order valence-electron chi connectivity index (χ0n) is 13.1. The van der Waals surface area contributed by atoms with Crippen molar-refractivity contribution in [3.05, 3.63) is 48.3 Å². The van der Waals surface area contributed by atoms with Crippen molar-refractivity contribution in [2.24, 2.45) is 11.7 Å². The molecule has 1 atom stereocenters. The van der Waals surface area contributed by atoms with Crippen LogP contribution in [0.3, 0.4) is 0 Å². The van der Waals surface area contributed by atoms with Crippen LogP contribution < -0.4 is 10.5 Å². The van der Waals surface area contributed by atoms with Crippen molar-refractivity contribution in [2.45, 2.75) is 6.42 Å². The van der Waals surface area contributed by atoms with Gasteiger partial charge in [0, 0.05) is 35.5 Å². The molecular formula is C18H21N3O2. The van der Waals surface area contributed by atoms with Crippen molar-refractivity contribution in [3.63, 3.8) is 0 Å². The molecule has 120 valence electrons. The summed E-state index contributed by atoms with van der Waals surface area (Å²) in [6.45, 7) is 0.559. The second-order valence-electron chi connectivity index (χ2n) is 5.66. The number of benzene rings is 1. The van der Waals surface area contributed by atoms with E-state index in [0.29, 0.717) is 6.54 Å². The predicted octanol–water partition coefficient (Wildman–Crippen LogP) is 2.35. The Kier molecular flexibility index (Phi) is 4.60. The topological polar surface area (TPSA) is 84.2 Å². The van der Waals surface area contributed by atoms with Crippen molar-refractivity contribution in [1.82, 2.24) is 9.97 Å². The fraction of sp³-hybridized carbons (Fsp3) is 0.278. The lowest BCUT2D eigenvalue weighted by molar-refractivity contribution is 0.230. The molecule has 0 aliphatic heterocycles. The Bertz CT molecular complexity index is 794. The van der Waals surface area contributed by atoms with Gasteiger partial charge in [-0.05, 0) is 48.7 Å². The standard InChI is InChI=1S/C18H21N3O2/c1-23-17-3-2-12(6-13(9-19)11-22)7-16(17)15-8-14-4-5-20-18(14)21-10-15/h2-5,7-8,10,13,22H,6,9,11,19H2,1H3,(H,20,21). The molecule has 0 aliphatic carbocycles. The van der Waals surface area contributed by atoms with Crippen LogP contribution in [-0.4, -0.2) is 35.3 Å². The lowest BCUT2D eigenvalue weighted by Crippen LogP contribution is -2.20. The van der Waals surface area contributed by atoms with Gasteiger partial charge in [0.25, 0.3) is 0 Å². The molecule has 3 rings (SSSR count). The summed E-state index contributed by atoms with van der Waals surface area (Å²) in [5.74, 6) is 0.875. The van der Waals surface area contributed by atoms with Crippen molar-refractivity contribution in [1.29, 1.82) is 0 Å². The second-order valence-corrected chi connectivity index (χ2v) is 5.66. The van der Waals surface area contributed by atoms with Gasteiger partial charge in [-0.1, -0.05) is 6.07 Å². The van der Waals surface area contributed by atoms with Gasteiger partial charge >= 0.3 is 0 Å². The number of aliphatic hydroxyl groups excluding tert-OH is 1. The summed E-state index contributed by atoms with van der Waals surface area (Å²) in [5.41, 5.74) is 9.68. The Labute approximate surface area is 135 Å². The van der Waals surface area contributed by atoms with E-state index >= 15 is 0 Å². The summed E-state index contributed by atoms with van der Waals surface area (Å²) in [6.07, 6.45) is 4.46. The number of aromatic amines is 1. The third kappa shape index (κ3) is 3.21. The SMILES string of the molecule is COc1ccc(CC(CN)CO)cc1-c1cnc2[nH]ccc2c1. The quantitative estimate of drug-likeness (QED) is 0.652. The summed E-state index contributed by atoms with van der Waals surface area (Å²) in [7, 11) is 1.66. The minimum atomic E-state index is 0.0709. The monoisotopic (exact) mass is 311 g/mol. The largest absolute Gasteiger partial charge is 0.496 e. The molecule has 0 saturated carbocycles. The molecule has 2 heterocycles. The number of aromatic nitrogens is 2. The molecule has 0 spiro atoms. The van der Waals surface area contributed by atoms with Crippen LogP contribution in [0.4, 0.5) is 0 Å². The van der Waals surface area contributed by atoms with Gasteiger partial charge in [0.1, 0.15) is 11.4 Å². The molecule has 1 unspecified atom stereocenters. The van der Waals surface area contributed by atoms with Crippen LogP contribution in [0, 0.1) is 5.92 Å². The molecular weight excluding hydrogens is 290 g/mol. The number of nitrogens with one attached hydrogen (secondary N) is 1. The number of nitrogens with two attached hydrogens (primary N) is 1. The Balaban J connectivity index is 2.01. The number of rotatable bonds is 6. The van der Waals surface area contributed by atoms with E-state index in [1.54, 1.807) is 7.11 Å². The molecule has 23 heavy (non-hydrogen) atoms. The van der Waals surface area contributed by atoms with Gasteiger partial charge < -0.3 is 20.6 Å². The number of nitrogens with zero attached hydrogens (tertiary/aromatic N) is 1. The summed E-state index contributed by atoms with van der Waals surface area (Å²) >= 11 is 0. The summed E-state index contributed by atoms with van der Waals surface area (Å²) < 4.78 is 5.50. The van der Waals surface area contributed by atoms with E-state index in [-0.39, 0.29) is 12.5 Å². The highest BCUT2D eigenvalue weighted by Crippen LogP contribution is 2.32. The van der Waals surface area contributed by atoms with Gasteiger partial charge in [0.05, 0.1) is 7.11 Å². The molecule has 0 amide bonds. The summed E-state index contributed by atoms with van der Waals surface area (Å²) in [6, 6.07) is 10.2. The maximum atomic E-state index is 9.35. The van der Waals surface area contributed by atoms with Crippen LogP contribution in [0.25, 0.3) is 22.2 Å². The van der Waals surface area contributed by atoms with Crippen LogP contribution in [-0.2, 0) is 6.42 Å². The highest BCUT2D eigenvalue weighted by Gasteiger charge is 2.12. The Morgan fingerprint density at radius 2 is 2.17 bits per heavy atom. The number of H-pyrrole nitrogens is 1. The average Bonchev–Trinajstić information content (AvgIpc) is 3.07. The molecule has 0 saturated heterocycles. The minimum Gasteiger partial charge on any atom is -0.496 e. The van der Waals surface area contributed by atoms with Gasteiger partial charge in [-0.3, -0.25) is 0 Å². The highest BCUT2D eigenvalue weighted by molar-refractivity contribution is 5.83. The highest BCUT2D eigenvalue weighted by atomic mass is 16.5. The van der Waals surface area contributed by atoms with E-state index in [0.717, 1.165) is 39.9 Å². The predicted molar refractivity (Wildman–Crippen MR) is 91.4 cm³/mol. The normalized spacial score (nSPS) is 12.5. The van der Waals surface area contributed by atoms with E-state index in [4.69, 9.17) is 10.5 Å². The number of aliphatic hydroxyl groups is 1. The van der Waals surface area contributed by atoms with Gasteiger partial charge in [0.15, 0.2) is 0 Å². The molecule has 2 aromatic heterocycles. The molecule has 0 fully saturated rings. The molecule has 1 aromatic carbocycles. The first-order valence-corrected chi connectivity index (χ1v) is 7.66. The lowest BCUT2D eigenvalue weighted by atomic mass is 9.96. The van der Waals surface area contributed by atoms with Gasteiger partial charge in [-0.2, -0.15) is 0 Å². The fourth-order valence-corrected chi connectivity index (χ4v) is 2.75. The minimum absolute atomic E-state index is 0.0709. The van der Waals surface area contributed by atoms with Crippen molar-refractivity contribution >= 4 is 11.0 Å². The van der Waals surface area contributed by atoms with Crippen LogP contribution in [0.2, 0.25) is 0 Å². The van der Waals surface area contributed by atoms with Crippen LogP contribution in [0.1, 0.15) is 5.56 Å². The summed E-state index contributed by atoms with van der Waals surface area (Å²) in [4.78, 5) is 7.54. The Morgan fingerprint density at radius 3 is 2.91 bits per heavy atom. The molecule has 5 nitrogen and oxygen atoms in total. The van der Waals surface area contributed by atoms with E-state index in [9.17, 15) is 5.11 Å². The fourth-order valence-electron chi connectivity index (χ4n) is 2.75. The molecule has 3 aromatic rings. The number of hydrogen-bond acceptors (Lipinski definition) is 4. The molecule has 5 heteroatoms. The summed E-state index contributed by atoms with van der Waals surface area (Å²) in [5, 5.41) is 10.4. The number of pyridine rings is 1. The molecule has 0 bridgehead atoms. The maximum Gasteiger partial charge on any atom is 0.137 e. The van der Waals surface area contributed by atoms with Crippen molar-refractivity contribution < 1.29 is 9.84 Å². The average molecular weight is 311 g/mol. The number of fused-ring (bicyclic) bond motifs is 1. The molecule has 0 radical (unpaired) electrons. The van der Waals surface area contributed by atoms with Gasteiger partial charge in [0.2, 0.25) is 0 Å². The third-order valence-corrected chi connectivity index (χ3v) is 4.09. The Hall–Kier alpha value is -2.37. The second kappa shape index (κ2) is 6.81. The van der Waals surface area contributed by atoms with Gasteiger partial charge in [-0.25, -0.2) is 4.98 Å². The number of methoxy groups -OCH3 is 1. The first-order valence-electron chi connectivity index (χ1n) is 7.66. The Morgan fingerprint density at radius 1 is 1.30 bits per heavy atom. The first kappa shape index (κ1) is 15.5. The van der Waals surface area contributed by atoms with Crippen LogP contribution in [0.5, 0.6) is 5.75 Å². The maximum absolute atomic E-state index is 9.35. The lowest BCUT2D eigenvalue weighted by Gasteiger charge is -2.14. The van der Waals surface area contributed by atoms with Crippen molar-refractivity contribution in [2.75, 3.05) is 20.3 Å². The van der Waals surface area contributed by atoms with Crippen LogP contribution in [0.15, 0.2) is 42.7 Å². The number of ether oxygens (including phenoxy) is 1. The van der Waals surface area contributed by atoms with Crippen molar-refractivity contribution in [3.8, 4) is 16.9 Å². The van der Waals surface area contributed by atoms with Gasteiger partial charge in [-0.15, -0.1) is 0 Å². The molecule has 0 aliphatic rings. The third-order valence-electron chi connectivity index (χ3n) is 4.09. The van der Waals surface area contributed by atoms with E-state index in [1.807, 2.05) is 30.6 Å². The van der Waals surface area contributed by atoms with E-state index in [2.05, 4.69) is 22.1 Å². The van der Waals surface area contributed by atoms with Crippen LogP contribution >= 0.6 is 0 Å².